The number of benzene rings is 1. The smallest absolute Gasteiger partial charge is 0.438 e. The quantitative estimate of drug-likeness (QED) is 0.902. The maximum absolute atomic E-state index is 12.9. The van der Waals surface area contributed by atoms with Gasteiger partial charge in [-0.2, -0.15) is 13.2 Å². The van der Waals surface area contributed by atoms with E-state index in [4.69, 9.17) is 20.9 Å². The largest absolute Gasteiger partial charge is 0.496 e. The number of amides is 1. The molecule has 0 saturated carbocycles. The van der Waals surface area contributed by atoms with Crippen LogP contribution < -0.4 is 10.1 Å². The molecular formula is C14H10ClF3N2O3. The van der Waals surface area contributed by atoms with Crippen LogP contribution in [0.3, 0.4) is 0 Å². The third-order valence-electron chi connectivity index (χ3n) is 3.81. The Morgan fingerprint density at radius 3 is 2.70 bits per heavy atom. The van der Waals surface area contributed by atoms with Crippen LogP contribution in [-0.2, 0) is 16.4 Å². The number of fused-ring (bicyclic) bond motifs is 1. The average Bonchev–Trinajstić information content (AvgIpc) is 2.99. The number of anilines is 1. The molecule has 0 bridgehead atoms. The van der Waals surface area contributed by atoms with E-state index in [9.17, 15) is 18.0 Å². The Labute approximate surface area is 133 Å². The molecule has 23 heavy (non-hydrogen) atoms. The SMILES string of the molecule is COc1ccc(Cl)cc1[C@@]1(C)C(=O)Nc2c(C(F)(F)F)noc21. The number of methoxy groups -OCH3 is 1. The van der Waals surface area contributed by atoms with Crippen LogP contribution in [0.15, 0.2) is 22.7 Å². The van der Waals surface area contributed by atoms with E-state index in [2.05, 4.69) is 10.5 Å². The van der Waals surface area contributed by atoms with Crippen LogP contribution in [-0.4, -0.2) is 18.2 Å². The summed E-state index contributed by atoms with van der Waals surface area (Å²) in [7, 11) is 1.38. The van der Waals surface area contributed by atoms with Crippen molar-refractivity contribution in [2.45, 2.75) is 18.5 Å². The minimum absolute atomic E-state index is 0.226. The highest BCUT2D eigenvalue weighted by molar-refractivity contribution is 6.30. The van der Waals surface area contributed by atoms with Crippen molar-refractivity contribution in [3.05, 3.63) is 40.2 Å². The molecule has 1 aromatic carbocycles. The molecule has 0 saturated heterocycles. The fourth-order valence-corrected chi connectivity index (χ4v) is 2.77. The van der Waals surface area contributed by atoms with Crippen molar-refractivity contribution in [2.75, 3.05) is 12.4 Å². The van der Waals surface area contributed by atoms with Crippen molar-refractivity contribution < 1.29 is 27.2 Å². The first-order valence-corrected chi connectivity index (χ1v) is 6.80. The molecule has 1 aliphatic heterocycles. The van der Waals surface area contributed by atoms with Crippen LogP contribution in [0.4, 0.5) is 18.9 Å². The van der Waals surface area contributed by atoms with Gasteiger partial charge in [-0.1, -0.05) is 16.8 Å². The molecule has 122 valence electrons. The highest BCUT2D eigenvalue weighted by Gasteiger charge is 2.54. The zero-order valence-corrected chi connectivity index (χ0v) is 12.7. The van der Waals surface area contributed by atoms with Gasteiger partial charge in [-0.15, -0.1) is 0 Å². The molecule has 5 nitrogen and oxygen atoms in total. The van der Waals surface area contributed by atoms with Crippen molar-refractivity contribution in [3.8, 4) is 5.75 Å². The molecule has 1 aromatic heterocycles. The minimum Gasteiger partial charge on any atom is -0.496 e. The van der Waals surface area contributed by atoms with Gasteiger partial charge in [0.25, 0.3) is 0 Å². The third kappa shape index (κ3) is 2.16. The van der Waals surface area contributed by atoms with Crippen LogP contribution in [0.1, 0.15) is 23.9 Å². The summed E-state index contributed by atoms with van der Waals surface area (Å²) >= 11 is 5.95. The topological polar surface area (TPSA) is 64.4 Å². The van der Waals surface area contributed by atoms with Gasteiger partial charge in [0.2, 0.25) is 11.6 Å². The van der Waals surface area contributed by atoms with Gasteiger partial charge in [-0.25, -0.2) is 0 Å². The predicted octanol–water partition coefficient (Wildman–Crippen LogP) is 3.61. The third-order valence-corrected chi connectivity index (χ3v) is 4.04. The zero-order chi connectivity index (χ0) is 17.0. The van der Waals surface area contributed by atoms with Crippen LogP contribution in [0.5, 0.6) is 5.75 Å². The van der Waals surface area contributed by atoms with E-state index >= 15 is 0 Å². The molecule has 2 heterocycles. The first-order valence-electron chi connectivity index (χ1n) is 6.42. The number of nitrogens with zero attached hydrogens (tertiary/aromatic N) is 1. The van der Waals surface area contributed by atoms with E-state index in [-0.39, 0.29) is 11.3 Å². The number of halogens is 4. The predicted molar refractivity (Wildman–Crippen MR) is 74.6 cm³/mol. The minimum atomic E-state index is -4.74. The van der Waals surface area contributed by atoms with Crippen molar-refractivity contribution in [2.24, 2.45) is 0 Å². The molecule has 1 amide bonds. The van der Waals surface area contributed by atoms with Crippen LogP contribution >= 0.6 is 11.6 Å². The van der Waals surface area contributed by atoms with Crippen molar-refractivity contribution in [3.63, 3.8) is 0 Å². The summed E-state index contributed by atoms with van der Waals surface area (Å²) in [5, 5.41) is 5.56. The van der Waals surface area contributed by atoms with E-state index in [1.165, 1.54) is 26.2 Å². The van der Waals surface area contributed by atoms with Crippen LogP contribution in [0, 0.1) is 0 Å². The Morgan fingerprint density at radius 1 is 1.39 bits per heavy atom. The number of hydrogen-bond acceptors (Lipinski definition) is 4. The summed E-state index contributed by atoms with van der Waals surface area (Å²) in [6, 6.07) is 4.52. The monoisotopic (exact) mass is 346 g/mol. The summed E-state index contributed by atoms with van der Waals surface area (Å²) < 4.78 is 48.9. The number of aromatic nitrogens is 1. The summed E-state index contributed by atoms with van der Waals surface area (Å²) in [6.07, 6.45) is -4.74. The molecule has 9 heteroatoms. The van der Waals surface area contributed by atoms with Crippen molar-refractivity contribution in [1.82, 2.24) is 5.16 Å². The molecular weight excluding hydrogens is 337 g/mol. The van der Waals surface area contributed by atoms with E-state index in [1.54, 1.807) is 6.07 Å². The molecule has 0 spiro atoms. The standard InChI is InChI=1S/C14H10ClF3N2O3/c1-13(7-5-6(15)3-4-8(7)22-2)11-9(19-12(13)21)10(20-23-11)14(16,17)18/h3-5H,1-2H3,(H,19,21)/t13-/m1/s1. The maximum atomic E-state index is 12.9. The number of rotatable bonds is 2. The number of carbonyl (C=O) groups is 1. The molecule has 1 aliphatic rings. The Hall–Kier alpha value is -2.22. The Morgan fingerprint density at radius 2 is 2.09 bits per heavy atom. The van der Waals surface area contributed by atoms with Gasteiger partial charge in [0, 0.05) is 10.6 Å². The van der Waals surface area contributed by atoms with Gasteiger partial charge in [0.15, 0.2) is 5.76 Å². The van der Waals surface area contributed by atoms with Gasteiger partial charge in [0.05, 0.1) is 7.11 Å². The Bertz CT molecular complexity index is 803. The lowest BCUT2D eigenvalue weighted by Gasteiger charge is -2.22. The molecule has 0 unspecified atom stereocenters. The molecule has 1 atom stereocenters. The highest BCUT2D eigenvalue weighted by Crippen LogP contribution is 2.50. The van der Waals surface area contributed by atoms with Gasteiger partial charge in [-0.05, 0) is 25.1 Å². The van der Waals surface area contributed by atoms with Crippen LogP contribution in [0.2, 0.25) is 5.02 Å². The Balaban J connectivity index is 2.24. The van der Waals surface area contributed by atoms with Gasteiger partial charge >= 0.3 is 6.18 Å². The second kappa shape index (κ2) is 4.89. The second-order valence-corrected chi connectivity index (χ2v) is 5.59. The molecule has 0 fully saturated rings. The molecule has 1 N–H and O–H groups in total. The summed E-state index contributed by atoms with van der Waals surface area (Å²) in [5.41, 5.74) is -3.01. The number of alkyl halides is 3. The lowest BCUT2D eigenvalue weighted by molar-refractivity contribution is -0.142. The molecule has 0 aliphatic carbocycles. The molecule has 2 aromatic rings. The van der Waals surface area contributed by atoms with E-state index in [0.717, 1.165) is 0 Å². The van der Waals surface area contributed by atoms with Crippen molar-refractivity contribution in [1.29, 1.82) is 0 Å². The summed E-state index contributed by atoms with van der Waals surface area (Å²) in [5.74, 6) is -0.611. The fourth-order valence-electron chi connectivity index (χ4n) is 2.60. The fraction of sp³-hybridized carbons (Fsp3) is 0.286. The van der Waals surface area contributed by atoms with E-state index < -0.39 is 28.9 Å². The van der Waals surface area contributed by atoms with E-state index in [0.29, 0.717) is 10.8 Å². The zero-order valence-electron chi connectivity index (χ0n) is 11.9. The lowest BCUT2D eigenvalue weighted by atomic mass is 9.80. The summed E-state index contributed by atoms with van der Waals surface area (Å²) in [4.78, 5) is 12.4. The number of nitrogens with one attached hydrogen (secondary N) is 1. The van der Waals surface area contributed by atoms with Gasteiger partial charge in [-0.3, -0.25) is 4.79 Å². The van der Waals surface area contributed by atoms with Crippen LogP contribution in [0.25, 0.3) is 0 Å². The number of ether oxygens (including phenoxy) is 1. The normalized spacial score (nSPS) is 20.3. The first kappa shape index (κ1) is 15.7. The maximum Gasteiger partial charge on any atom is 0.438 e. The highest BCUT2D eigenvalue weighted by atomic mass is 35.5. The summed E-state index contributed by atoms with van der Waals surface area (Å²) in [6.45, 7) is 1.42. The molecule has 3 rings (SSSR count). The number of carbonyl (C=O) groups excluding carboxylic acids is 1. The number of hydrogen-bond donors (Lipinski definition) is 1. The van der Waals surface area contributed by atoms with Crippen molar-refractivity contribution >= 4 is 23.2 Å². The lowest BCUT2D eigenvalue weighted by Crippen LogP contribution is -2.33. The average molecular weight is 347 g/mol. The van der Waals surface area contributed by atoms with Gasteiger partial charge < -0.3 is 14.6 Å². The molecule has 0 radical (unpaired) electrons. The first-order chi connectivity index (χ1) is 10.7. The Kier molecular flexibility index (Phi) is 3.33. The van der Waals surface area contributed by atoms with Gasteiger partial charge in [0.1, 0.15) is 16.9 Å². The second-order valence-electron chi connectivity index (χ2n) is 5.16. The van der Waals surface area contributed by atoms with E-state index in [1.807, 2.05) is 0 Å².